The molecule has 3 N–H and O–H groups in total. The third-order valence-electron chi connectivity index (χ3n) is 2.33. The number of rotatable bonds is 1. The molecule has 1 aliphatic rings. The first-order chi connectivity index (χ1) is 9.22. The lowest BCUT2D eigenvalue weighted by Gasteiger charge is -2.15. The van der Waals surface area contributed by atoms with Crippen molar-refractivity contribution in [1.82, 2.24) is 10.6 Å². The van der Waals surface area contributed by atoms with Gasteiger partial charge in [0.15, 0.2) is 0 Å². The van der Waals surface area contributed by atoms with Crippen molar-refractivity contribution in [2.24, 2.45) is 0 Å². The van der Waals surface area contributed by atoms with Gasteiger partial charge in [-0.2, -0.15) is 0 Å². The zero-order chi connectivity index (χ0) is 13.9. The summed E-state index contributed by atoms with van der Waals surface area (Å²) in [5.74, 6) is -0.546. The molecule has 0 spiro atoms. The number of hydrogen-bond donors (Lipinski definition) is 3. The molecule has 2 amide bonds. The van der Waals surface area contributed by atoms with Crippen molar-refractivity contribution in [3.63, 3.8) is 0 Å². The van der Waals surface area contributed by atoms with Crippen LogP contribution in [0.2, 0.25) is 0 Å². The maximum atomic E-state index is 11.4. The van der Waals surface area contributed by atoms with Crippen molar-refractivity contribution in [1.29, 1.82) is 0 Å². The summed E-state index contributed by atoms with van der Waals surface area (Å²) in [4.78, 5) is 22.7. The first-order valence-corrected chi connectivity index (χ1v) is 6.13. The second-order valence-corrected chi connectivity index (χ2v) is 3.94. The van der Waals surface area contributed by atoms with Gasteiger partial charge < -0.3 is 30.0 Å². The van der Waals surface area contributed by atoms with Gasteiger partial charge in [0.1, 0.15) is 19.3 Å². The highest BCUT2D eigenvalue weighted by Gasteiger charge is 2.12. The second-order valence-electron chi connectivity index (χ2n) is 3.94. The Balaban J connectivity index is 2.39. The molecule has 1 saturated heterocycles. The predicted octanol–water partition coefficient (Wildman–Crippen LogP) is -2.36. The summed E-state index contributed by atoms with van der Waals surface area (Å²) < 4.78 is 15.4. The highest BCUT2D eigenvalue weighted by Crippen LogP contribution is 1.93. The molecule has 110 valence electrons. The fourth-order valence-corrected chi connectivity index (χ4v) is 1.36. The van der Waals surface area contributed by atoms with Gasteiger partial charge >= 0.3 is 0 Å². The van der Waals surface area contributed by atoms with Crippen LogP contribution in [-0.2, 0) is 23.8 Å². The summed E-state index contributed by atoms with van der Waals surface area (Å²) in [6.45, 7) is 0.976. The number of amides is 2. The third kappa shape index (κ3) is 7.73. The van der Waals surface area contributed by atoms with E-state index in [0.29, 0.717) is 26.3 Å². The number of carbonyl (C=O) groups excluding carboxylic acids is 2. The molecule has 0 bridgehead atoms. The average Bonchev–Trinajstić information content (AvgIpc) is 2.41. The Morgan fingerprint density at radius 1 is 1.05 bits per heavy atom. The van der Waals surface area contributed by atoms with Crippen molar-refractivity contribution < 1.29 is 28.9 Å². The number of nitrogens with one attached hydrogen (secondary N) is 2. The van der Waals surface area contributed by atoms with Gasteiger partial charge in [-0.05, 0) is 0 Å². The van der Waals surface area contributed by atoms with E-state index in [4.69, 9.17) is 19.3 Å². The smallest absolute Gasteiger partial charge is 0.246 e. The van der Waals surface area contributed by atoms with E-state index in [0.717, 1.165) is 0 Å². The number of ether oxygens (including phenoxy) is 3. The topological polar surface area (TPSA) is 106 Å². The Bertz CT molecular complexity index is 286. The minimum atomic E-state index is -0.625. The van der Waals surface area contributed by atoms with Gasteiger partial charge in [-0.25, -0.2) is 0 Å². The zero-order valence-corrected chi connectivity index (χ0v) is 10.7. The summed E-state index contributed by atoms with van der Waals surface area (Å²) in [5, 5.41) is 14.3. The van der Waals surface area contributed by atoms with Crippen molar-refractivity contribution in [3.05, 3.63) is 0 Å². The van der Waals surface area contributed by atoms with E-state index in [-0.39, 0.29) is 38.2 Å². The quantitative estimate of drug-likeness (QED) is 0.495. The minimum Gasteiger partial charge on any atom is -0.394 e. The van der Waals surface area contributed by atoms with Crippen LogP contribution in [0.15, 0.2) is 0 Å². The van der Waals surface area contributed by atoms with E-state index in [1.807, 2.05) is 0 Å². The van der Waals surface area contributed by atoms with Gasteiger partial charge in [-0.3, -0.25) is 9.59 Å². The number of hydrogen-bond acceptors (Lipinski definition) is 6. The van der Waals surface area contributed by atoms with Crippen LogP contribution in [0, 0.1) is 0 Å². The van der Waals surface area contributed by atoms with Crippen LogP contribution in [0.25, 0.3) is 0 Å². The normalized spacial score (nSPS) is 24.8. The van der Waals surface area contributed by atoms with E-state index in [9.17, 15) is 9.59 Å². The van der Waals surface area contributed by atoms with Crippen LogP contribution in [0.4, 0.5) is 0 Å². The molecular weight excluding hydrogens is 256 g/mol. The lowest BCUT2D eigenvalue weighted by Crippen LogP contribution is -2.34. The fourth-order valence-electron chi connectivity index (χ4n) is 1.36. The molecule has 1 unspecified atom stereocenters. The fraction of sp³-hybridized carbons (Fsp3) is 0.818. The van der Waals surface area contributed by atoms with Crippen LogP contribution in [0.3, 0.4) is 0 Å². The zero-order valence-electron chi connectivity index (χ0n) is 10.7. The van der Waals surface area contributed by atoms with E-state index < -0.39 is 6.10 Å². The third-order valence-corrected chi connectivity index (χ3v) is 2.33. The largest absolute Gasteiger partial charge is 0.394 e. The molecule has 0 aliphatic carbocycles. The molecule has 1 rings (SSSR count). The number of carbonyl (C=O) groups is 2. The van der Waals surface area contributed by atoms with Gasteiger partial charge in [-0.15, -0.1) is 0 Å². The molecule has 0 radical (unpaired) electrons. The Labute approximate surface area is 111 Å². The van der Waals surface area contributed by atoms with Crippen molar-refractivity contribution in [2.75, 3.05) is 52.7 Å². The maximum Gasteiger partial charge on any atom is 0.246 e. The molecule has 1 heterocycles. The molecular formula is C11H20N2O6. The van der Waals surface area contributed by atoms with Gasteiger partial charge in [-0.1, -0.05) is 0 Å². The van der Waals surface area contributed by atoms with E-state index in [2.05, 4.69) is 10.6 Å². The summed E-state index contributed by atoms with van der Waals surface area (Å²) >= 11 is 0. The first-order valence-electron chi connectivity index (χ1n) is 6.13. The molecule has 1 atom stereocenters. The van der Waals surface area contributed by atoms with Gasteiger partial charge in [0.25, 0.3) is 0 Å². The lowest BCUT2D eigenvalue weighted by molar-refractivity contribution is -0.134. The van der Waals surface area contributed by atoms with Crippen LogP contribution >= 0.6 is 0 Å². The maximum absolute atomic E-state index is 11.4. The second kappa shape index (κ2) is 9.68. The Hall–Kier alpha value is -1.22. The highest BCUT2D eigenvalue weighted by molar-refractivity contribution is 5.77. The molecule has 19 heavy (non-hydrogen) atoms. The van der Waals surface area contributed by atoms with Crippen LogP contribution in [-0.4, -0.2) is 75.8 Å². The van der Waals surface area contributed by atoms with Gasteiger partial charge in [0, 0.05) is 13.1 Å². The van der Waals surface area contributed by atoms with Crippen molar-refractivity contribution in [3.8, 4) is 0 Å². The first kappa shape index (κ1) is 15.8. The van der Waals surface area contributed by atoms with Crippen LogP contribution in [0.5, 0.6) is 0 Å². The number of aliphatic hydroxyl groups is 1. The Kier molecular flexibility index (Phi) is 8.07. The van der Waals surface area contributed by atoms with E-state index in [1.54, 1.807) is 0 Å². The van der Waals surface area contributed by atoms with Gasteiger partial charge in [0.05, 0.1) is 26.4 Å². The lowest BCUT2D eigenvalue weighted by atomic mass is 10.4. The van der Waals surface area contributed by atoms with E-state index in [1.165, 1.54) is 0 Å². The highest BCUT2D eigenvalue weighted by atomic mass is 16.5. The standard InChI is InChI=1S/C11H20N2O6/c14-5-9-6-18-7-10(15)12-1-3-17-4-2-13-11(16)8-19-9/h9,14H,1-8H2,(H,12,15)(H,13,16). The van der Waals surface area contributed by atoms with Crippen molar-refractivity contribution in [2.45, 2.75) is 6.10 Å². The molecule has 1 fully saturated rings. The Morgan fingerprint density at radius 2 is 1.68 bits per heavy atom. The average molecular weight is 276 g/mol. The molecule has 1 aliphatic heterocycles. The van der Waals surface area contributed by atoms with Crippen molar-refractivity contribution >= 4 is 11.8 Å². The molecule has 8 nitrogen and oxygen atoms in total. The number of aliphatic hydroxyl groups excluding tert-OH is 1. The van der Waals surface area contributed by atoms with Crippen LogP contribution < -0.4 is 10.6 Å². The summed E-state index contributed by atoms with van der Waals surface area (Å²) in [7, 11) is 0. The summed E-state index contributed by atoms with van der Waals surface area (Å²) in [6.07, 6.45) is -0.625. The predicted molar refractivity (Wildman–Crippen MR) is 64.5 cm³/mol. The minimum absolute atomic E-state index is 0.0493. The molecule has 0 aromatic carbocycles. The monoisotopic (exact) mass is 276 g/mol. The van der Waals surface area contributed by atoms with Gasteiger partial charge in [0.2, 0.25) is 11.8 Å². The van der Waals surface area contributed by atoms with Crippen LogP contribution in [0.1, 0.15) is 0 Å². The SMILES string of the molecule is O=C1COCC(CO)OCC(=O)NCCOCCN1. The summed E-state index contributed by atoms with van der Waals surface area (Å²) in [6, 6.07) is 0. The molecule has 0 aromatic rings. The Morgan fingerprint density at radius 3 is 2.32 bits per heavy atom. The molecule has 8 heteroatoms. The summed E-state index contributed by atoms with van der Waals surface area (Å²) in [5.41, 5.74) is 0. The molecule has 0 saturated carbocycles. The molecule has 0 aromatic heterocycles. The van der Waals surface area contributed by atoms with E-state index >= 15 is 0 Å².